The molecule has 2 nitrogen and oxygen atoms in total. The van der Waals surface area contributed by atoms with Gasteiger partial charge in [0, 0.05) is 5.71 Å². The number of allylic oxidation sites excluding steroid dienone is 2. The summed E-state index contributed by atoms with van der Waals surface area (Å²) in [6.07, 6.45) is 2.76. The maximum atomic E-state index is 10.9. The van der Waals surface area contributed by atoms with Crippen LogP contribution in [0, 0.1) is 10.8 Å². The van der Waals surface area contributed by atoms with Crippen molar-refractivity contribution in [2.45, 2.75) is 26.7 Å². The molecule has 0 amide bonds. The van der Waals surface area contributed by atoms with Gasteiger partial charge in [-0.1, -0.05) is 19.9 Å². The van der Waals surface area contributed by atoms with E-state index in [1.165, 1.54) is 6.08 Å². The quantitative estimate of drug-likeness (QED) is 0.534. The number of hydrogen-bond donors (Lipinski definition) is 1. The second-order valence-corrected chi connectivity index (χ2v) is 3.65. The molecule has 0 atom stereocenters. The second-order valence-electron chi connectivity index (χ2n) is 3.65. The van der Waals surface area contributed by atoms with Crippen LogP contribution in [0.5, 0.6) is 0 Å². The predicted molar refractivity (Wildman–Crippen MR) is 38.8 cm³/mol. The maximum absolute atomic E-state index is 10.9. The van der Waals surface area contributed by atoms with Crippen LogP contribution in [0.25, 0.3) is 0 Å². The lowest BCUT2D eigenvalue weighted by atomic mass is 9.79. The van der Waals surface area contributed by atoms with Crippen LogP contribution >= 0.6 is 0 Å². The van der Waals surface area contributed by atoms with E-state index in [0.717, 1.165) is 6.42 Å². The molecular weight excluding hydrogens is 126 g/mol. The van der Waals surface area contributed by atoms with Crippen molar-refractivity contribution in [1.29, 1.82) is 5.41 Å². The summed E-state index contributed by atoms with van der Waals surface area (Å²) in [4.78, 5) is 0. The first-order valence-corrected chi connectivity index (χ1v) is 3.45. The van der Waals surface area contributed by atoms with Gasteiger partial charge in [0.15, 0.2) is 0 Å². The Hall–Kier alpha value is -0.790. The van der Waals surface area contributed by atoms with Crippen LogP contribution in [0.15, 0.2) is 11.8 Å². The van der Waals surface area contributed by atoms with Gasteiger partial charge in [-0.15, -0.1) is 5.76 Å². The average Bonchev–Trinajstić information content (AvgIpc) is 1.54. The third kappa shape index (κ3) is 1.59. The molecule has 0 unspecified atom stereocenters. The molecular formula is C8H12NO-. The molecule has 10 heavy (non-hydrogen) atoms. The van der Waals surface area contributed by atoms with E-state index in [1.54, 1.807) is 0 Å². The molecule has 0 heterocycles. The molecule has 2 heteroatoms. The van der Waals surface area contributed by atoms with Crippen molar-refractivity contribution in [2.24, 2.45) is 5.41 Å². The van der Waals surface area contributed by atoms with Gasteiger partial charge in [0.25, 0.3) is 0 Å². The predicted octanol–water partition coefficient (Wildman–Crippen LogP) is 1.07. The monoisotopic (exact) mass is 138 g/mol. The van der Waals surface area contributed by atoms with Crippen LogP contribution in [-0.4, -0.2) is 5.71 Å². The van der Waals surface area contributed by atoms with Crippen molar-refractivity contribution >= 4 is 5.71 Å². The Bertz CT molecular complexity index is 191. The van der Waals surface area contributed by atoms with Crippen LogP contribution < -0.4 is 5.11 Å². The van der Waals surface area contributed by atoms with Crippen LogP contribution in [0.1, 0.15) is 26.7 Å². The highest BCUT2D eigenvalue weighted by Crippen LogP contribution is 2.31. The Morgan fingerprint density at radius 2 is 2.10 bits per heavy atom. The minimum atomic E-state index is 0.0168. The lowest BCUT2D eigenvalue weighted by Crippen LogP contribution is -2.25. The van der Waals surface area contributed by atoms with Gasteiger partial charge in [0.1, 0.15) is 0 Å². The van der Waals surface area contributed by atoms with Crippen LogP contribution in [-0.2, 0) is 0 Å². The van der Waals surface area contributed by atoms with Crippen molar-refractivity contribution in [3.8, 4) is 0 Å². The Labute approximate surface area is 61.1 Å². The zero-order valence-electron chi connectivity index (χ0n) is 6.40. The Balaban J connectivity index is 2.80. The first-order chi connectivity index (χ1) is 4.49. The first kappa shape index (κ1) is 7.32. The summed E-state index contributed by atoms with van der Waals surface area (Å²) in [6, 6.07) is 0. The molecule has 0 aromatic heterocycles. The molecule has 0 radical (unpaired) electrons. The summed E-state index contributed by atoms with van der Waals surface area (Å²) in [5, 5.41) is 18.2. The summed E-state index contributed by atoms with van der Waals surface area (Å²) >= 11 is 0. The lowest BCUT2D eigenvalue weighted by Gasteiger charge is -2.32. The van der Waals surface area contributed by atoms with E-state index in [9.17, 15) is 5.11 Å². The SMILES string of the molecule is CC1(C)CC(=N)C=C([O-])C1. The van der Waals surface area contributed by atoms with E-state index in [4.69, 9.17) is 5.41 Å². The minimum absolute atomic E-state index is 0.0168. The highest BCUT2D eigenvalue weighted by Gasteiger charge is 2.21. The largest absolute Gasteiger partial charge is 0.875 e. The number of rotatable bonds is 0. The van der Waals surface area contributed by atoms with Crippen molar-refractivity contribution in [3.05, 3.63) is 11.8 Å². The fourth-order valence-corrected chi connectivity index (χ4v) is 1.35. The van der Waals surface area contributed by atoms with E-state index in [2.05, 4.69) is 0 Å². The standard InChI is InChI=1S/C8H13NO/c1-8(2)4-6(9)3-7(10)5-8/h3,9-10H,4-5H2,1-2H3/p-1. The third-order valence-electron chi connectivity index (χ3n) is 1.66. The summed E-state index contributed by atoms with van der Waals surface area (Å²) in [7, 11) is 0. The molecule has 1 aliphatic rings. The molecule has 1 N–H and O–H groups in total. The Morgan fingerprint density at radius 1 is 1.50 bits per heavy atom. The summed E-state index contributed by atoms with van der Waals surface area (Å²) in [5.41, 5.74) is 0.490. The summed E-state index contributed by atoms with van der Waals surface area (Å²) < 4.78 is 0. The average molecular weight is 138 g/mol. The summed E-state index contributed by atoms with van der Waals surface area (Å²) in [6.45, 7) is 4.04. The fraction of sp³-hybridized carbons (Fsp3) is 0.625. The van der Waals surface area contributed by atoms with Gasteiger partial charge < -0.3 is 10.5 Å². The van der Waals surface area contributed by atoms with E-state index in [0.29, 0.717) is 12.1 Å². The van der Waals surface area contributed by atoms with Crippen molar-refractivity contribution in [2.75, 3.05) is 0 Å². The Morgan fingerprint density at radius 3 is 2.50 bits per heavy atom. The molecule has 0 spiro atoms. The van der Waals surface area contributed by atoms with E-state index in [1.807, 2.05) is 13.8 Å². The van der Waals surface area contributed by atoms with E-state index >= 15 is 0 Å². The zero-order valence-corrected chi connectivity index (χ0v) is 6.40. The molecule has 0 bridgehead atoms. The topological polar surface area (TPSA) is 46.9 Å². The van der Waals surface area contributed by atoms with Gasteiger partial charge in [0.2, 0.25) is 0 Å². The molecule has 0 aliphatic heterocycles. The fourth-order valence-electron chi connectivity index (χ4n) is 1.35. The highest BCUT2D eigenvalue weighted by atomic mass is 16.3. The molecule has 1 rings (SSSR count). The van der Waals surface area contributed by atoms with Gasteiger partial charge in [-0.2, -0.15) is 0 Å². The molecule has 0 aromatic carbocycles. The van der Waals surface area contributed by atoms with Gasteiger partial charge in [0.05, 0.1) is 0 Å². The van der Waals surface area contributed by atoms with Gasteiger partial charge in [-0.3, -0.25) is 0 Å². The van der Waals surface area contributed by atoms with Crippen molar-refractivity contribution in [3.63, 3.8) is 0 Å². The normalized spacial score (nSPS) is 24.2. The molecule has 0 saturated heterocycles. The molecule has 0 aromatic rings. The Kier molecular flexibility index (Phi) is 1.55. The van der Waals surface area contributed by atoms with Gasteiger partial charge in [-0.25, -0.2) is 0 Å². The first-order valence-electron chi connectivity index (χ1n) is 3.45. The molecule has 0 fully saturated rings. The number of nitrogens with one attached hydrogen (secondary N) is 1. The highest BCUT2D eigenvalue weighted by molar-refractivity contribution is 5.93. The molecule has 1 aliphatic carbocycles. The zero-order chi connectivity index (χ0) is 7.78. The minimum Gasteiger partial charge on any atom is -0.875 e. The second kappa shape index (κ2) is 2.11. The maximum Gasteiger partial charge on any atom is 0.0310 e. The van der Waals surface area contributed by atoms with E-state index in [-0.39, 0.29) is 11.2 Å². The van der Waals surface area contributed by atoms with Crippen molar-refractivity contribution < 1.29 is 5.11 Å². The smallest absolute Gasteiger partial charge is 0.0310 e. The van der Waals surface area contributed by atoms with Crippen LogP contribution in [0.2, 0.25) is 0 Å². The van der Waals surface area contributed by atoms with Gasteiger partial charge in [-0.05, 0) is 18.3 Å². The van der Waals surface area contributed by atoms with Gasteiger partial charge >= 0.3 is 0 Å². The summed E-state index contributed by atoms with van der Waals surface area (Å²) in [5.74, 6) is 0.0984. The van der Waals surface area contributed by atoms with Crippen LogP contribution in [0.3, 0.4) is 0 Å². The van der Waals surface area contributed by atoms with Crippen molar-refractivity contribution in [1.82, 2.24) is 0 Å². The molecule has 0 saturated carbocycles. The lowest BCUT2D eigenvalue weighted by molar-refractivity contribution is -0.310. The molecule has 56 valence electrons. The number of hydrogen-bond acceptors (Lipinski definition) is 2. The van der Waals surface area contributed by atoms with E-state index < -0.39 is 0 Å². The van der Waals surface area contributed by atoms with Crippen LogP contribution in [0.4, 0.5) is 0 Å². The third-order valence-corrected chi connectivity index (χ3v) is 1.66.